The van der Waals surface area contributed by atoms with Crippen molar-refractivity contribution in [3.05, 3.63) is 41.2 Å². The van der Waals surface area contributed by atoms with Crippen LogP contribution in [0, 0.1) is 13.8 Å². The molecule has 0 radical (unpaired) electrons. The van der Waals surface area contributed by atoms with E-state index in [1.54, 1.807) is 13.8 Å². The second-order valence-electron chi connectivity index (χ2n) is 5.66. The number of aromatic nitrogens is 1. The first-order valence-electron chi connectivity index (χ1n) is 8.27. The van der Waals surface area contributed by atoms with Crippen LogP contribution in [-0.4, -0.2) is 29.7 Å². The minimum atomic E-state index is -0.600. The number of benzene rings is 1. The summed E-state index contributed by atoms with van der Waals surface area (Å²) in [7, 11) is 2.02. The second kappa shape index (κ2) is 7.88. The van der Waals surface area contributed by atoms with Gasteiger partial charge in [-0.1, -0.05) is 0 Å². The Hall–Kier alpha value is -2.76. The van der Waals surface area contributed by atoms with E-state index in [0.717, 1.165) is 17.0 Å². The zero-order valence-corrected chi connectivity index (χ0v) is 15.3. The number of hydrogen-bond acceptors (Lipinski definition) is 5. The molecule has 6 heteroatoms. The molecule has 0 saturated carbocycles. The van der Waals surface area contributed by atoms with Crippen LogP contribution in [0.4, 0.5) is 5.69 Å². The van der Waals surface area contributed by atoms with E-state index in [0.29, 0.717) is 5.69 Å². The summed E-state index contributed by atoms with van der Waals surface area (Å²) in [5.41, 5.74) is 4.20. The number of anilines is 1. The molecule has 0 atom stereocenters. The molecule has 25 heavy (non-hydrogen) atoms. The molecule has 0 saturated heterocycles. The number of rotatable bonds is 6. The number of aryl methyl sites for hydroxylation is 2. The third-order valence-electron chi connectivity index (χ3n) is 4.13. The van der Waals surface area contributed by atoms with Crippen molar-refractivity contribution in [2.75, 3.05) is 18.5 Å². The van der Waals surface area contributed by atoms with Gasteiger partial charge in [0.15, 0.2) is 0 Å². The fraction of sp³-hybridized carbons (Fsp3) is 0.368. The molecule has 0 bridgehead atoms. The highest BCUT2D eigenvalue weighted by Crippen LogP contribution is 2.27. The van der Waals surface area contributed by atoms with Gasteiger partial charge in [-0.15, -0.1) is 0 Å². The summed E-state index contributed by atoms with van der Waals surface area (Å²) in [6.45, 7) is 7.99. The first-order chi connectivity index (χ1) is 11.9. The molecule has 0 aliphatic carbocycles. The Kier molecular flexibility index (Phi) is 5.85. The van der Waals surface area contributed by atoms with E-state index < -0.39 is 11.9 Å². The van der Waals surface area contributed by atoms with Crippen molar-refractivity contribution in [3.63, 3.8) is 0 Å². The molecule has 0 amide bonds. The quantitative estimate of drug-likeness (QED) is 0.644. The summed E-state index contributed by atoms with van der Waals surface area (Å²) in [4.78, 5) is 23.8. The smallest absolute Gasteiger partial charge is 0.355 e. The van der Waals surface area contributed by atoms with Crippen LogP contribution in [0.25, 0.3) is 10.9 Å². The monoisotopic (exact) mass is 344 g/mol. The van der Waals surface area contributed by atoms with Gasteiger partial charge in [-0.2, -0.15) is 0 Å². The van der Waals surface area contributed by atoms with Gasteiger partial charge in [0, 0.05) is 29.3 Å². The van der Waals surface area contributed by atoms with E-state index in [4.69, 9.17) is 9.47 Å². The molecular formula is C19H24N2O4. The van der Waals surface area contributed by atoms with Gasteiger partial charge < -0.3 is 19.4 Å². The van der Waals surface area contributed by atoms with Crippen molar-refractivity contribution in [1.82, 2.24) is 4.57 Å². The first kappa shape index (κ1) is 18.6. The van der Waals surface area contributed by atoms with Gasteiger partial charge >= 0.3 is 11.9 Å². The van der Waals surface area contributed by atoms with Crippen molar-refractivity contribution < 1.29 is 19.1 Å². The maximum atomic E-state index is 12.1. The van der Waals surface area contributed by atoms with E-state index in [1.807, 2.05) is 25.2 Å². The third kappa shape index (κ3) is 4.02. The van der Waals surface area contributed by atoms with Crippen molar-refractivity contribution in [3.8, 4) is 0 Å². The Morgan fingerprint density at radius 3 is 2.48 bits per heavy atom. The average molecular weight is 344 g/mol. The lowest BCUT2D eigenvalue weighted by atomic mass is 10.1. The average Bonchev–Trinajstić information content (AvgIpc) is 2.79. The number of nitrogens with one attached hydrogen (secondary N) is 1. The normalized spacial score (nSPS) is 11.5. The van der Waals surface area contributed by atoms with Gasteiger partial charge in [-0.25, -0.2) is 9.59 Å². The summed E-state index contributed by atoms with van der Waals surface area (Å²) in [5.74, 6) is -1.19. The van der Waals surface area contributed by atoms with Crippen molar-refractivity contribution in [2.24, 2.45) is 7.05 Å². The van der Waals surface area contributed by atoms with Crippen LogP contribution in [-0.2, 0) is 26.1 Å². The molecule has 2 aromatic rings. The highest BCUT2D eigenvalue weighted by Gasteiger charge is 2.15. The topological polar surface area (TPSA) is 69.6 Å². The van der Waals surface area contributed by atoms with Crippen molar-refractivity contribution in [1.29, 1.82) is 0 Å². The van der Waals surface area contributed by atoms with Crippen LogP contribution in [0.3, 0.4) is 0 Å². The first-order valence-corrected chi connectivity index (χ1v) is 8.27. The SMILES string of the molecule is CCOC(=O)/C=C(/Nc1ccc2c(c1)c(C)c(C)n2C)C(=O)OCC. The number of nitrogens with zero attached hydrogens (tertiary/aromatic N) is 1. The van der Waals surface area contributed by atoms with Crippen LogP contribution < -0.4 is 5.32 Å². The van der Waals surface area contributed by atoms with Crippen molar-refractivity contribution >= 4 is 28.5 Å². The molecule has 0 unspecified atom stereocenters. The Morgan fingerprint density at radius 2 is 1.84 bits per heavy atom. The number of ether oxygens (including phenoxy) is 2. The van der Waals surface area contributed by atoms with E-state index in [-0.39, 0.29) is 18.9 Å². The summed E-state index contributed by atoms with van der Waals surface area (Å²) in [5, 5.41) is 4.06. The lowest BCUT2D eigenvalue weighted by Gasteiger charge is -2.11. The van der Waals surface area contributed by atoms with Crippen LogP contribution >= 0.6 is 0 Å². The third-order valence-corrected chi connectivity index (χ3v) is 4.13. The summed E-state index contributed by atoms with van der Waals surface area (Å²) in [6, 6.07) is 5.79. The molecule has 1 aromatic heterocycles. The zero-order valence-electron chi connectivity index (χ0n) is 15.3. The lowest BCUT2D eigenvalue weighted by Crippen LogP contribution is -2.17. The molecule has 1 heterocycles. The molecule has 0 aliphatic heterocycles. The maximum absolute atomic E-state index is 12.1. The van der Waals surface area contributed by atoms with E-state index >= 15 is 0 Å². The number of esters is 2. The maximum Gasteiger partial charge on any atom is 0.355 e. The highest BCUT2D eigenvalue weighted by molar-refractivity contribution is 5.99. The molecule has 0 spiro atoms. The van der Waals surface area contributed by atoms with Gasteiger partial charge in [0.2, 0.25) is 0 Å². The molecule has 1 aromatic carbocycles. The minimum absolute atomic E-state index is 0.0463. The van der Waals surface area contributed by atoms with Gasteiger partial charge in [0.25, 0.3) is 0 Å². The fourth-order valence-corrected chi connectivity index (χ4v) is 2.65. The number of carbonyl (C=O) groups is 2. The van der Waals surface area contributed by atoms with E-state index in [1.165, 1.54) is 11.3 Å². The molecule has 0 aliphatic rings. The Bertz CT molecular complexity index is 834. The van der Waals surface area contributed by atoms with E-state index in [9.17, 15) is 9.59 Å². The number of hydrogen-bond donors (Lipinski definition) is 1. The number of carbonyl (C=O) groups excluding carboxylic acids is 2. The minimum Gasteiger partial charge on any atom is -0.463 e. The van der Waals surface area contributed by atoms with E-state index in [2.05, 4.69) is 23.7 Å². The molecule has 6 nitrogen and oxygen atoms in total. The predicted octanol–water partition coefficient (Wildman–Crippen LogP) is 3.22. The van der Waals surface area contributed by atoms with Gasteiger partial charge in [-0.3, -0.25) is 0 Å². The Morgan fingerprint density at radius 1 is 1.16 bits per heavy atom. The zero-order chi connectivity index (χ0) is 18.6. The van der Waals surface area contributed by atoms with Gasteiger partial charge in [-0.05, 0) is 51.5 Å². The van der Waals surface area contributed by atoms with Gasteiger partial charge in [0.05, 0.1) is 19.3 Å². The second-order valence-corrected chi connectivity index (χ2v) is 5.66. The van der Waals surface area contributed by atoms with Crippen LogP contribution in [0.1, 0.15) is 25.1 Å². The largest absolute Gasteiger partial charge is 0.463 e. The van der Waals surface area contributed by atoms with Crippen LogP contribution in [0.5, 0.6) is 0 Å². The summed E-state index contributed by atoms with van der Waals surface area (Å²) >= 11 is 0. The lowest BCUT2D eigenvalue weighted by molar-refractivity contribution is -0.140. The molecular weight excluding hydrogens is 320 g/mol. The molecule has 0 fully saturated rings. The Balaban J connectivity index is 2.38. The van der Waals surface area contributed by atoms with Gasteiger partial charge in [0.1, 0.15) is 5.70 Å². The van der Waals surface area contributed by atoms with Crippen LogP contribution in [0.2, 0.25) is 0 Å². The predicted molar refractivity (Wildman–Crippen MR) is 97.4 cm³/mol. The fourth-order valence-electron chi connectivity index (χ4n) is 2.65. The molecule has 134 valence electrons. The molecule has 2 rings (SSSR count). The number of fused-ring (bicyclic) bond motifs is 1. The van der Waals surface area contributed by atoms with Crippen LogP contribution in [0.15, 0.2) is 30.0 Å². The summed E-state index contributed by atoms with van der Waals surface area (Å²) < 4.78 is 12.0. The standard InChI is InChI=1S/C19H24N2O4/c1-6-24-18(22)11-16(19(23)25-7-2)20-14-8-9-17-15(10-14)12(3)13(4)21(17)5/h8-11,20H,6-7H2,1-5H3/b16-11+. The Labute approximate surface area is 147 Å². The highest BCUT2D eigenvalue weighted by atomic mass is 16.5. The van der Waals surface area contributed by atoms with Crippen molar-refractivity contribution in [2.45, 2.75) is 27.7 Å². The molecule has 1 N–H and O–H groups in total. The summed E-state index contributed by atoms with van der Waals surface area (Å²) in [6.07, 6.45) is 1.12.